The number of methoxy groups -OCH3 is 2. The van der Waals surface area contributed by atoms with Gasteiger partial charge in [0.15, 0.2) is 11.5 Å². The molecule has 0 bridgehead atoms. The topological polar surface area (TPSA) is 75.8 Å². The van der Waals surface area contributed by atoms with Crippen molar-refractivity contribution in [1.29, 1.82) is 0 Å². The van der Waals surface area contributed by atoms with Gasteiger partial charge < -0.3 is 14.5 Å². The molecule has 2 N–H and O–H groups in total. The number of benzene rings is 1. The Morgan fingerprint density at radius 3 is 2.50 bits per heavy atom. The zero-order valence-corrected chi connectivity index (χ0v) is 13.3. The Morgan fingerprint density at radius 1 is 0.875 bits per heavy atom. The van der Waals surface area contributed by atoms with Gasteiger partial charge in [0.05, 0.1) is 20.4 Å². The first-order valence-corrected chi connectivity index (χ1v) is 7.49. The highest BCUT2D eigenvalue weighted by Gasteiger charge is 2.11. The number of hydrogen-bond donors (Lipinski definition) is 2. The van der Waals surface area contributed by atoms with Crippen LogP contribution in [-0.2, 0) is 0 Å². The first-order chi connectivity index (χ1) is 11.8. The van der Waals surface area contributed by atoms with Gasteiger partial charge in [0.2, 0.25) is 0 Å². The normalized spacial score (nSPS) is 10.9. The van der Waals surface area contributed by atoms with E-state index in [0.29, 0.717) is 11.5 Å². The zero-order valence-electron chi connectivity index (χ0n) is 13.3. The minimum atomic E-state index is 0.694. The van der Waals surface area contributed by atoms with Crippen LogP contribution in [-0.4, -0.2) is 34.4 Å². The summed E-state index contributed by atoms with van der Waals surface area (Å²) in [6.45, 7) is 0. The number of ether oxygens (including phenoxy) is 2. The van der Waals surface area contributed by atoms with Gasteiger partial charge in [0, 0.05) is 40.7 Å². The zero-order chi connectivity index (χ0) is 16.5. The van der Waals surface area contributed by atoms with E-state index in [1.807, 2.05) is 36.8 Å². The third kappa shape index (κ3) is 2.28. The van der Waals surface area contributed by atoms with Crippen molar-refractivity contribution in [3.8, 4) is 33.8 Å². The smallest absolute Gasteiger partial charge is 0.161 e. The third-order valence-corrected chi connectivity index (χ3v) is 4.06. The predicted molar refractivity (Wildman–Crippen MR) is 92.2 cm³/mol. The molecular formula is C18H16N4O2. The third-order valence-electron chi connectivity index (χ3n) is 4.06. The second-order valence-electron chi connectivity index (χ2n) is 5.38. The first-order valence-electron chi connectivity index (χ1n) is 7.49. The van der Waals surface area contributed by atoms with Crippen LogP contribution in [0, 0.1) is 0 Å². The maximum atomic E-state index is 5.39. The standard InChI is InChI=1S/C18H16N4O2/c1-23-16-4-3-11(6-17(16)24-2)12-5-14-15(13-8-21-22-9-13)10-20-18(14)19-7-12/h3-10H,1-2H3,(H,19,20)(H,21,22). The fourth-order valence-electron chi connectivity index (χ4n) is 2.81. The van der Waals surface area contributed by atoms with E-state index < -0.39 is 0 Å². The first kappa shape index (κ1) is 14.3. The number of fused-ring (bicyclic) bond motifs is 1. The molecule has 24 heavy (non-hydrogen) atoms. The van der Waals surface area contributed by atoms with Crippen LogP contribution in [0.5, 0.6) is 11.5 Å². The summed E-state index contributed by atoms with van der Waals surface area (Å²) >= 11 is 0. The van der Waals surface area contributed by atoms with Crippen molar-refractivity contribution in [3.63, 3.8) is 0 Å². The van der Waals surface area contributed by atoms with E-state index in [1.54, 1.807) is 20.4 Å². The van der Waals surface area contributed by atoms with Crippen LogP contribution in [0.4, 0.5) is 0 Å². The Balaban J connectivity index is 1.84. The summed E-state index contributed by atoms with van der Waals surface area (Å²) in [5.74, 6) is 1.40. The van der Waals surface area contributed by atoms with Gasteiger partial charge in [-0.25, -0.2) is 4.98 Å². The van der Waals surface area contributed by atoms with Crippen LogP contribution in [0.3, 0.4) is 0 Å². The van der Waals surface area contributed by atoms with Crippen LogP contribution in [0.25, 0.3) is 33.3 Å². The number of nitrogens with one attached hydrogen (secondary N) is 2. The van der Waals surface area contributed by atoms with Crippen molar-refractivity contribution in [1.82, 2.24) is 20.2 Å². The molecule has 0 spiro atoms. The van der Waals surface area contributed by atoms with Crippen LogP contribution in [0.1, 0.15) is 0 Å². The number of aromatic amines is 2. The largest absolute Gasteiger partial charge is 0.493 e. The van der Waals surface area contributed by atoms with Crippen molar-refractivity contribution in [2.75, 3.05) is 14.2 Å². The lowest BCUT2D eigenvalue weighted by molar-refractivity contribution is 0.355. The van der Waals surface area contributed by atoms with Crippen LogP contribution in [0.2, 0.25) is 0 Å². The number of pyridine rings is 1. The lowest BCUT2D eigenvalue weighted by Crippen LogP contribution is -1.91. The molecule has 0 saturated heterocycles. The van der Waals surface area contributed by atoms with E-state index in [-0.39, 0.29) is 0 Å². The second kappa shape index (κ2) is 5.73. The fraction of sp³-hybridized carbons (Fsp3) is 0.111. The molecule has 4 rings (SSSR count). The van der Waals surface area contributed by atoms with Gasteiger partial charge in [-0.1, -0.05) is 6.07 Å². The van der Waals surface area contributed by atoms with Gasteiger partial charge in [0.1, 0.15) is 5.65 Å². The monoisotopic (exact) mass is 320 g/mol. The molecule has 1 aromatic carbocycles. The van der Waals surface area contributed by atoms with E-state index in [0.717, 1.165) is 33.3 Å². The van der Waals surface area contributed by atoms with Crippen molar-refractivity contribution in [2.24, 2.45) is 0 Å². The van der Waals surface area contributed by atoms with Gasteiger partial charge in [-0.3, -0.25) is 5.10 Å². The van der Waals surface area contributed by atoms with Gasteiger partial charge >= 0.3 is 0 Å². The SMILES string of the molecule is COc1ccc(-c2cnc3[nH]cc(-c4cn[nH]c4)c3c2)cc1OC. The molecule has 0 amide bonds. The maximum Gasteiger partial charge on any atom is 0.161 e. The molecule has 0 aliphatic heterocycles. The fourth-order valence-corrected chi connectivity index (χ4v) is 2.81. The minimum Gasteiger partial charge on any atom is -0.493 e. The van der Waals surface area contributed by atoms with Gasteiger partial charge in [-0.15, -0.1) is 0 Å². The Morgan fingerprint density at radius 2 is 1.75 bits per heavy atom. The average molecular weight is 320 g/mol. The van der Waals surface area contributed by atoms with E-state index in [2.05, 4.69) is 26.2 Å². The average Bonchev–Trinajstić information content (AvgIpc) is 3.29. The molecule has 0 fully saturated rings. The highest BCUT2D eigenvalue weighted by Crippen LogP contribution is 2.34. The van der Waals surface area contributed by atoms with Crippen molar-refractivity contribution < 1.29 is 9.47 Å². The summed E-state index contributed by atoms with van der Waals surface area (Å²) in [7, 11) is 3.26. The highest BCUT2D eigenvalue weighted by atomic mass is 16.5. The lowest BCUT2D eigenvalue weighted by Gasteiger charge is -2.09. The summed E-state index contributed by atoms with van der Waals surface area (Å²) in [6, 6.07) is 7.95. The molecule has 6 heteroatoms. The van der Waals surface area contributed by atoms with Gasteiger partial charge in [0.25, 0.3) is 0 Å². The number of hydrogen-bond acceptors (Lipinski definition) is 4. The van der Waals surface area contributed by atoms with Crippen LogP contribution >= 0.6 is 0 Å². The summed E-state index contributed by atoms with van der Waals surface area (Å²) in [6.07, 6.45) is 7.46. The molecule has 0 aliphatic carbocycles. The molecule has 0 radical (unpaired) electrons. The van der Waals surface area contributed by atoms with Crippen LogP contribution < -0.4 is 9.47 Å². The van der Waals surface area contributed by atoms with E-state index in [9.17, 15) is 0 Å². The second-order valence-corrected chi connectivity index (χ2v) is 5.38. The van der Waals surface area contributed by atoms with E-state index >= 15 is 0 Å². The highest BCUT2D eigenvalue weighted by molar-refractivity contribution is 5.95. The molecule has 4 aromatic rings. The number of H-pyrrole nitrogens is 2. The molecule has 3 heterocycles. The summed E-state index contributed by atoms with van der Waals surface area (Å²) < 4.78 is 10.7. The predicted octanol–water partition coefficient (Wildman–Crippen LogP) is 3.64. The quantitative estimate of drug-likeness (QED) is 0.602. The minimum absolute atomic E-state index is 0.694. The number of aromatic nitrogens is 4. The molecule has 0 saturated carbocycles. The molecule has 120 valence electrons. The number of rotatable bonds is 4. The summed E-state index contributed by atoms with van der Waals surface area (Å²) in [4.78, 5) is 7.73. The van der Waals surface area contributed by atoms with Crippen molar-refractivity contribution >= 4 is 11.0 Å². The molecule has 3 aromatic heterocycles. The molecule has 0 atom stereocenters. The Kier molecular flexibility index (Phi) is 3.42. The van der Waals surface area contributed by atoms with E-state index in [4.69, 9.17) is 9.47 Å². The lowest BCUT2D eigenvalue weighted by atomic mass is 10.0. The molecule has 6 nitrogen and oxygen atoms in total. The maximum absolute atomic E-state index is 5.39. The van der Waals surface area contributed by atoms with Gasteiger partial charge in [-0.2, -0.15) is 5.10 Å². The van der Waals surface area contributed by atoms with Gasteiger partial charge in [-0.05, 0) is 23.8 Å². The van der Waals surface area contributed by atoms with Crippen LogP contribution in [0.15, 0.2) is 49.1 Å². The Bertz CT molecular complexity index is 990. The Hall–Kier alpha value is -3.28. The molecule has 0 unspecified atom stereocenters. The Labute approximate surface area is 138 Å². The molecule has 0 aliphatic rings. The number of nitrogens with zero attached hydrogens (tertiary/aromatic N) is 2. The summed E-state index contributed by atoms with van der Waals surface area (Å²) in [5.41, 5.74) is 4.95. The van der Waals surface area contributed by atoms with Crippen molar-refractivity contribution in [3.05, 3.63) is 49.1 Å². The van der Waals surface area contributed by atoms with E-state index in [1.165, 1.54) is 0 Å². The summed E-state index contributed by atoms with van der Waals surface area (Å²) in [5, 5.41) is 7.90. The van der Waals surface area contributed by atoms with Crippen molar-refractivity contribution in [2.45, 2.75) is 0 Å². The molecular weight excluding hydrogens is 304 g/mol.